The quantitative estimate of drug-likeness (QED) is 0.695. The molecule has 24 heavy (non-hydrogen) atoms. The molecular formula is C19H18Cl2N2O. The molecule has 0 unspecified atom stereocenters. The molecule has 124 valence electrons. The van der Waals surface area contributed by atoms with Gasteiger partial charge >= 0.3 is 0 Å². The average Bonchev–Trinajstić information content (AvgIpc) is 2.61. The van der Waals surface area contributed by atoms with Crippen molar-refractivity contribution in [3.63, 3.8) is 0 Å². The maximum Gasteiger partial charge on any atom is 0.0642 e. The van der Waals surface area contributed by atoms with Crippen LogP contribution in [0.2, 0.25) is 10.0 Å². The molecule has 1 fully saturated rings. The number of hydrogen-bond acceptors (Lipinski definition) is 3. The number of hydrogen-bond donors (Lipinski definition) is 0. The first kappa shape index (κ1) is 17.0. The summed E-state index contributed by atoms with van der Waals surface area (Å²) >= 11 is 12.0. The highest BCUT2D eigenvalue weighted by Gasteiger charge is 2.10. The van der Waals surface area contributed by atoms with Crippen molar-refractivity contribution in [2.75, 3.05) is 31.2 Å². The first-order valence-corrected chi connectivity index (χ1v) is 8.56. The summed E-state index contributed by atoms with van der Waals surface area (Å²) in [6, 6.07) is 13.6. The molecule has 0 aliphatic carbocycles. The Balaban J connectivity index is 1.61. The molecule has 0 amide bonds. The van der Waals surface area contributed by atoms with Crippen LogP contribution in [0, 0.1) is 0 Å². The van der Waals surface area contributed by atoms with E-state index in [1.165, 1.54) is 5.69 Å². The van der Waals surface area contributed by atoms with Gasteiger partial charge in [-0.1, -0.05) is 35.3 Å². The normalized spacial score (nSPS) is 15.5. The molecule has 0 spiro atoms. The Bertz CT molecular complexity index is 736. The second-order valence-electron chi connectivity index (χ2n) is 5.42. The maximum absolute atomic E-state index is 6.12. The van der Waals surface area contributed by atoms with Crippen LogP contribution in [0.15, 0.2) is 53.5 Å². The third-order valence-electron chi connectivity index (χ3n) is 3.77. The van der Waals surface area contributed by atoms with Gasteiger partial charge in [0, 0.05) is 35.0 Å². The number of benzene rings is 2. The summed E-state index contributed by atoms with van der Waals surface area (Å²) in [6.07, 6.45) is 5.53. The van der Waals surface area contributed by atoms with Gasteiger partial charge < -0.3 is 9.64 Å². The van der Waals surface area contributed by atoms with Crippen molar-refractivity contribution in [2.45, 2.75) is 0 Å². The number of ether oxygens (including phenoxy) is 1. The van der Waals surface area contributed by atoms with Gasteiger partial charge in [-0.15, -0.1) is 0 Å². The van der Waals surface area contributed by atoms with E-state index in [4.69, 9.17) is 27.9 Å². The summed E-state index contributed by atoms with van der Waals surface area (Å²) in [5.41, 5.74) is 3.04. The summed E-state index contributed by atoms with van der Waals surface area (Å²) in [5.74, 6) is 0. The highest BCUT2D eigenvalue weighted by Crippen LogP contribution is 2.22. The van der Waals surface area contributed by atoms with Crippen molar-refractivity contribution >= 4 is 46.9 Å². The van der Waals surface area contributed by atoms with Crippen LogP contribution >= 0.6 is 23.2 Å². The number of rotatable bonds is 4. The SMILES string of the molecule is Clc1ccc(/C=C/C=Nc2ccc(N3CCOCC3)cc2)c(Cl)c1. The molecule has 3 rings (SSSR count). The third-order valence-corrected chi connectivity index (χ3v) is 4.34. The molecule has 2 aromatic rings. The number of allylic oxidation sites excluding steroid dienone is 1. The van der Waals surface area contributed by atoms with Crippen LogP contribution in [-0.4, -0.2) is 32.5 Å². The Labute approximate surface area is 152 Å². The summed E-state index contributed by atoms with van der Waals surface area (Å²) in [4.78, 5) is 6.75. The fourth-order valence-electron chi connectivity index (χ4n) is 2.48. The molecule has 0 radical (unpaired) electrons. The van der Waals surface area contributed by atoms with Gasteiger partial charge in [-0.05, 0) is 48.0 Å². The second-order valence-corrected chi connectivity index (χ2v) is 6.26. The van der Waals surface area contributed by atoms with Gasteiger partial charge in [-0.2, -0.15) is 0 Å². The smallest absolute Gasteiger partial charge is 0.0642 e. The summed E-state index contributed by atoms with van der Waals surface area (Å²) in [5, 5.41) is 1.26. The monoisotopic (exact) mass is 360 g/mol. The van der Waals surface area contributed by atoms with Crippen LogP contribution in [0.25, 0.3) is 6.08 Å². The van der Waals surface area contributed by atoms with Crippen molar-refractivity contribution in [3.05, 3.63) is 64.1 Å². The predicted molar refractivity (Wildman–Crippen MR) is 103 cm³/mol. The first-order valence-electron chi connectivity index (χ1n) is 7.81. The lowest BCUT2D eigenvalue weighted by atomic mass is 10.2. The Morgan fingerprint density at radius 3 is 2.46 bits per heavy atom. The van der Waals surface area contributed by atoms with E-state index in [9.17, 15) is 0 Å². The molecule has 2 aromatic carbocycles. The Morgan fingerprint density at radius 2 is 1.75 bits per heavy atom. The predicted octanol–water partition coefficient (Wildman–Crippen LogP) is 5.25. The lowest BCUT2D eigenvalue weighted by molar-refractivity contribution is 0.122. The van der Waals surface area contributed by atoms with E-state index in [2.05, 4.69) is 22.0 Å². The van der Waals surface area contributed by atoms with Gasteiger partial charge in [0.05, 0.1) is 18.9 Å². The lowest BCUT2D eigenvalue weighted by Gasteiger charge is -2.28. The minimum atomic E-state index is 0.627. The van der Waals surface area contributed by atoms with Crippen molar-refractivity contribution in [1.29, 1.82) is 0 Å². The number of aliphatic imine (C=N–C) groups is 1. The van der Waals surface area contributed by atoms with Crippen molar-refractivity contribution in [3.8, 4) is 0 Å². The van der Waals surface area contributed by atoms with Gasteiger partial charge in [-0.3, -0.25) is 4.99 Å². The van der Waals surface area contributed by atoms with Gasteiger partial charge in [-0.25, -0.2) is 0 Å². The number of anilines is 1. The zero-order valence-electron chi connectivity index (χ0n) is 13.2. The summed E-state index contributed by atoms with van der Waals surface area (Å²) in [7, 11) is 0. The van der Waals surface area contributed by atoms with Crippen LogP contribution in [0.1, 0.15) is 5.56 Å². The molecule has 0 atom stereocenters. The number of morpholine rings is 1. The summed E-state index contributed by atoms with van der Waals surface area (Å²) in [6.45, 7) is 3.45. The van der Waals surface area contributed by atoms with Crippen LogP contribution in [0.5, 0.6) is 0 Å². The van der Waals surface area contributed by atoms with Crippen LogP contribution in [0.3, 0.4) is 0 Å². The van der Waals surface area contributed by atoms with E-state index in [0.717, 1.165) is 37.6 Å². The van der Waals surface area contributed by atoms with Gasteiger partial charge in [0.2, 0.25) is 0 Å². The first-order chi connectivity index (χ1) is 11.7. The van der Waals surface area contributed by atoms with Crippen LogP contribution < -0.4 is 4.90 Å². The van der Waals surface area contributed by atoms with Crippen molar-refractivity contribution in [2.24, 2.45) is 4.99 Å². The highest BCUT2D eigenvalue weighted by atomic mass is 35.5. The molecule has 0 saturated carbocycles. The molecule has 1 heterocycles. The number of nitrogens with zero attached hydrogens (tertiary/aromatic N) is 2. The average molecular weight is 361 g/mol. The van der Waals surface area contributed by atoms with Crippen LogP contribution in [0.4, 0.5) is 11.4 Å². The minimum Gasteiger partial charge on any atom is -0.378 e. The lowest BCUT2D eigenvalue weighted by Crippen LogP contribution is -2.36. The Morgan fingerprint density at radius 1 is 1.00 bits per heavy atom. The fourth-order valence-corrected chi connectivity index (χ4v) is 2.96. The van der Waals surface area contributed by atoms with Gasteiger partial charge in [0.1, 0.15) is 0 Å². The molecule has 1 aliphatic heterocycles. The second kappa shape index (κ2) is 8.34. The van der Waals surface area contributed by atoms with Crippen LogP contribution in [-0.2, 0) is 4.74 Å². The molecule has 0 bridgehead atoms. The standard InChI is InChI=1S/C19H18Cl2N2O/c20-16-4-3-15(19(21)14-16)2-1-9-22-17-5-7-18(8-6-17)23-10-12-24-13-11-23/h1-9,14H,10-13H2/b2-1+,22-9?. The largest absolute Gasteiger partial charge is 0.378 e. The van der Waals surface area contributed by atoms with E-state index in [1.807, 2.05) is 36.4 Å². The molecular weight excluding hydrogens is 343 g/mol. The summed E-state index contributed by atoms with van der Waals surface area (Å²) < 4.78 is 5.37. The van der Waals surface area contributed by atoms with Crippen molar-refractivity contribution in [1.82, 2.24) is 0 Å². The van der Waals surface area contributed by atoms with E-state index in [-0.39, 0.29) is 0 Å². The molecule has 1 saturated heterocycles. The topological polar surface area (TPSA) is 24.8 Å². The molecule has 3 nitrogen and oxygen atoms in total. The van der Waals surface area contributed by atoms with E-state index in [1.54, 1.807) is 12.3 Å². The third kappa shape index (κ3) is 4.60. The minimum absolute atomic E-state index is 0.627. The van der Waals surface area contributed by atoms with E-state index >= 15 is 0 Å². The van der Waals surface area contributed by atoms with Gasteiger partial charge in [0.25, 0.3) is 0 Å². The number of halogens is 2. The highest BCUT2D eigenvalue weighted by molar-refractivity contribution is 6.35. The van der Waals surface area contributed by atoms with E-state index < -0.39 is 0 Å². The maximum atomic E-state index is 6.12. The van der Waals surface area contributed by atoms with E-state index in [0.29, 0.717) is 10.0 Å². The Kier molecular flexibility index (Phi) is 5.91. The Hall–Kier alpha value is -1.81. The molecule has 1 aliphatic rings. The molecule has 0 aromatic heterocycles. The zero-order chi connectivity index (χ0) is 16.8. The fraction of sp³-hybridized carbons (Fsp3) is 0.211. The molecule has 5 heteroatoms. The molecule has 0 N–H and O–H groups in total. The van der Waals surface area contributed by atoms with Crippen molar-refractivity contribution < 1.29 is 4.74 Å². The van der Waals surface area contributed by atoms with Gasteiger partial charge in [0.15, 0.2) is 0 Å². The zero-order valence-corrected chi connectivity index (χ0v) is 14.7.